The zero-order chi connectivity index (χ0) is 24.5. The third-order valence-corrected chi connectivity index (χ3v) is 6.21. The highest BCUT2D eigenvalue weighted by atomic mass is 31.2. The lowest BCUT2D eigenvalue weighted by Crippen LogP contribution is -2.34. The number of nitrogens with two attached hydrogens (primary N) is 2. The molecular weight excluding hydrogens is 471 g/mol. The molecule has 1 saturated heterocycles. The minimum Gasteiger partial charge on any atom is -0.756 e. The standard InChI is InChI=1S/C19H25N6O8P/c20-11(5-10-1-3-12(26)4-2-10)6-31-34(29,30)32-7-13-15(27)16(28)19(33-13)25-9-24-14-17(21)22-8-23-18(14)25/h1-4,8-9,11,13,15-16,19,26-28H,5-7,20H2,(H,29,30)(H2,21,22,23)/p-1/t11-,13+,15+,16+,19+/m0/s1. The second-order valence-corrected chi connectivity index (χ2v) is 9.21. The van der Waals surface area contributed by atoms with Gasteiger partial charge < -0.3 is 45.5 Å². The predicted octanol–water partition coefficient (Wildman–Crippen LogP) is -1.20. The van der Waals surface area contributed by atoms with Crippen LogP contribution >= 0.6 is 7.82 Å². The van der Waals surface area contributed by atoms with Gasteiger partial charge in [0.1, 0.15) is 35.9 Å². The highest BCUT2D eigenvalue weighted by Gasteiger charge is 2.44. The maximum atomic E-state index is 12.1. The number of anilines is 1. The van der Waals surface area contributed by atoms with Crippen LogP contribution in [0.25, 0.3) is 11.2 Å². The second-order valence-electron chi connectivity index (χ2n) is 7.80. The summed E-state index contributed by atoms with van der Waals surface area (Å²) in [6.07, 6.45) is -2.35. The van der Waals surface area contributed by atoms with Crippen LogP contribution in [0, 0.1) is 0 Å². The van der Waals surface area contributed by atoms with E-state index in [1.807, 2.05) is 0 Å². The number of phosphoric ester groups is 1. The topological polar surface area (TPSA) is 224 Å². The number of fused-ring (bicyclic) bond motifs is 1. The van der Waals surface area contributed by atoms with Crippen molar-refractivity contribution in [1.29, 1.82) is 0 Å². The van der Waals surface area contributed by atoms with E-state index < -0.39 is 45.0 Å². The van der Waals surface area contributed by atoms with Crippen LogP contribution in [0.15, 0.2) is 36.9 Å². The predicted molar refractivity (Wildman–Crippen MR) is 115 cm³/mol. The fourth-order valence-electron chi connectivity index (χ4n) is 3.54. The van der Waals surface area contributed by atoms with Crippen LogP contribution in [-0.2, 0) is 24.8 Å². The van der Waals surface area contributed by atoms with Crippen molar-refractivity contribution in [2.24, 2.45) is 5.73 Å². The van der Waals surface area contributed by atoms with Crippen LogP contribution in [0.2, 0.25) is 0 Å². The van der Waals surface area contributed by atoms with Gasteiger partial charge in [0.15, 0.2) is 17.7 Å². The van der Waals surface area contributed by atoms with Crippen molar-refractivity contribution in [3.8, 4) is 5.75 Å². The van der Waals surface area contributed by atoms with Crippen LogP contribution in [0.1, 0.15) is 11.8 Å². The molecule has 1 fully saturated rings. The Bertz CT molecular complexity index is 1180. The largest absolute Gasteiger partial charge is 0.756 e. The number of phenols is 1. The highest BCUT2D eigenvalue weighted by molar-refractivity contribution is 7.45. The van der Waals surface area contributed by atoms with Gasteiger partial charge >= 0.3 is 0 Å². The van der Waals surface area contributed by atoms with Gasteiger partial charge in [-0.2, -0.15) is 0 Å². The first kappa shape index (κ1) is 24.4. The molecule has 34 heavy (non-hydrogen) atoms. The number of phenolic OH excluding ortho intramolecular Hbond substituents is 1. The van der Waals surface area contributed by atoms with Crippen molar-refractivity contribution in [3.63, 3.8) is 0 Å². The molecule has 3 heterocycles. The van der Waals surface area contributed by atoms with E-state index in [1.54, 1.807) is 12.1 Å². The molecule has 0 amide bonds. The monoisotopic (exact) mass is 495 g/mol. The summed E-state index contributed by atoms with van der Waals surface area (Å²) in [6, 6.07) is 5.65. The Hall–Kier alpha value is -2.68. The molecule has 4 rings (SSSR count). The molecule has 0 spiro atoms. The first-order valence-electron chi connectivity index (χ1n) is 10.2. The molecular formula is C19H24N6O8P-. The average Bonchev–Trinajstić information content (AvgIpc) is 3.35. The molecule has 0 radical (unpaired) electrons. The van der Waals surface area contributed by atoms with Crippen molar-refractivity contribution in [2.45, 2.75) is 37.0 Å². The molecule has 14 nitrogen and oxygen atoms in total. The summed E-state index contributed by atoms with van der Waals surface area (Å²) in [7, 11) is -4.78. The smallest absolute Gasteiger partial charge is 0.268 e. The molecule has 0 bridgehead atoms. The van der Waals surface area contributed by atoms with Gasteiger partial charge in [0.2, 0.25) is 0 Å². The summed E-state index contributed by atoms with van der Waals surface area (Å²) in [5.41, 5.74) is 13.0. The molecule has 1 aliphatic rings. The molecule has 1 unspecified atom stereocenters. The lowest BCUT2D eigenvalue weighted by molar-refractivity contribution is -0.228. The zero-order valence-corrected chi connectivity index (χ0v) is 18.6. The third kappa shape index (κ3) is 5.35. The van der Waals surface area contributed by atoms with Gasteiger partial charge in [-0.05, 0) is 24.1 Å². The average molecular weight is 495 g/mol. The van der Waals surface area contributed by atoms with Crippen LogP contribution in [0.3, 0.4) is 0 Å². The summed E-state index contributed by atoms with van der Waals surface area (Å²) in [5.74, 6) is 0.234. The molecule has 184 valence electrons. The number of rotatable bonds is 9. The molecule has 3 aromatic rings. The van der Waals surface area contributed by atoms with E-state index in [0.29, 0.717) is 6.42 Å². The molecule has 0 aliphatic carbocycles. The van der Waals surface area contributed by atoms with Gasteiger partial charge in [-0.25, -0.2) is 15.0 Å². The molecule has 0 saturated carbocycles. The Labute approximate surface area is 193 Å². The maximum absolute atomic E-state index is 12.1. The van der Waals surface area contributed by atoms with Gasteiger partial charge in [0.25, 0.3) is 7.82 Å². The number of imidazole rings is 1. The Morgan fingerprint density at radius 1 is 1.18 bits per heavy atom. The number of aromatic nitrogens is 4. The minimum atomic E-state index is -4.78. The molecule has 15 heteroatoms. The van der Waals surface area contributed by atoms with E-state index in [4.69, 9.17) is 25.3 Å². The lowest BCUT2D eigenvalue weighted by atomic mass is 10.1. The van der Waals surface area contributed by atoms with E-state index in [-0.39, 0.29) is 29.3 Å². The normalized spacial score (nSPS) is 25.4. The zero-order valence-electron chi connectivity index (χ0n) is 17.7. The number of aliphatic hydroxyl groups is 2. The van der Waals surface area contributed by atoms with Crippen molar-refractivity contribution < 1.29 is 38.6 Å². The van der Waals surface area contributed by atoms with Crippen LogP contribution in [0.4, 0.5) is 5.82 Å². The number of aromatic hydroxyl groups is 1. The van der Waals surface area contributed by atoms with E-state index in [1.165, 1.54) is 29.4 Å². The first-order valence-corrected chi connectivity index (χ1v) is 11.7. The van der Waals surface area contributed by atoms with Gasteiger partial charge in [0, 0.05) is 6.04 Å². The summed E-state index contributed by atoms with van der Waals surface area (Å²) >= 11 is 0. The van der Waals surface area contributed by atoms with Gasteiger partial charge in [-0.15, -0.1) is 0 Å². The summed E-state index contributed by atoms with van der Waals surface area (Å²) < 4.78 is 28.8. The number of ether oxygens (including phenoxy) is 1. The lowest BCUT2D eigenvalue weighted by Gasteiger charge is -2.26. The van der Waals surface area contributed by atoms with Crippen molar-refractivity contribution in [3.05, 3.63) is 42.5 Å². The van der Waals surface area contributed by atoms with Crippen LogP contribution in [-0.4, -0.2) is 72.4 Å². The Morgan fingerprint density at radius 3 is 2.65 bits per heavy atom. The number of hydrogen-bond donors (Lipinski definition) is 5. The molecule has 7 N–H and O–H groups in total. The maximum Gasteiger partial charge on any atom is 0.268 e. The van der Waals surface area contributed by atoms with Gasteiger partial charge in [0.05, 0.1) is 19.5 Å². The highest BCUT2D eigenvalue weighted by Crippen LogP contribution is 2.40. The Kier molecular flexibility index (Phi) is 7.12. The minimum absolute atomic E-state index is 0.105. The van der Waals surface area contributed by atoms with Crippen molar-refractivity contribution in [2.75, 3.05) is 18.9 Å². The van der Waals surface area contributed by atoms with Crippen LogP contribution in [0.5, 0.6) is 5.75 Å². The fourth-order valence-corrected chi connectivity index (χ4v) is 4.31. The quantitative estimate of drug-likeness (QED) is 0.220. The van der Waals surface area contributed by atoms with E-state index in [0.717, 1.165) is 5.56 Å². The number of hydrogen-bond acceptors (Lipinski definition) is 13. The Morgan fingerprint density at radius 2 is 1.91 bits per heavy atom. The van der Waals surface area contributed by atoms with Crippen LogP contribution < -0.4 is 16.4 Å². The van der Waals surface area contributed by atoms with Gasteiger partial charge in [-0.1, -0.05) is 12.1 Å². The number of benzene rings is 1. The number of nitrogens with zero attached hydrogens (tertiary/aromatic N) is 4. The summed E-state index contributed by atoms with van der Waals surface area (Å²) in [4.78, 5) is 24.1. The van der Waals surface area contributed by atoms with E-state index in [9.17, 15) is 24.8 Å². The first-order chi connectivity index (χ1) is 16.1. The molecule has 1 aromatic carbocycles. The molecule has 2 aromatic heterocycles. The third-order valence-electron chi connectivity index (χ3n) is 5.28. The van der Waals surface area contributed by atoms with E-state index >= 15 is 0 Å². The van der Waals surface area contributed by atoms with E-state index in [2.05, 4.69) is 15.0 Å². The van der Waals surface area contributed by atoms with Crippen molar-refractivity contribution in [1.82, 2.24) is 19.5 Å². The van der Waals surface area contributed by atoms with Crippen molar-refractivity contribution >= 4 is 24.8 Å². The molecule has 1 aliphatic heterocycles. The SMILES string of the molecule is Nc1ncnc2c1ncn2[C@@H]1O[C@H](COP(=O)([O-])OC[C@@H](N)Cc2ccc(O)cc2)[C@@H](O)[C@H]1O. The second kappa shape index (κ2) is 9.90. The Balaban J connectivity index is 1.32. The number of nitrogen functional groups attached to an aromatic ring is 1. The molecule has 6 atom stereocenters. The van der Waals surface area contributed by atoms with Gasteiger partial charge in [-0.3, -0.25) is 9.13 Å². The number of aliphatic hydroxyl groups excluding tert-OH is 2. The fraction of sp³-hybridized carbons (Fsp3) is 0.421. The number of phosphoric acid groups is 1. The summed E-state index contributed by atoms with van der Waals surface area (Å²) in [6.45, 7) is -0.949. The summed E-state index contributed by atoms with van der Waals surface area (Å²) in [5, 5.41) is 30.1.